The number of benzene rings is 1. The predicted molar refractivity (Wildman–Crippen MR) is 87.9 cm³/mol. The smallest absolute Gasteiger partial charge is 0.127 e. The van der Waals surface area contributed by atoms with Gasteiger partial charge < -0.3 is 10.1 Å². The second-order valence-electron chi connectivity index (χ2n) is 6.64. The lowest BCUT2D eigenvalue weighted by Gasteiger charge is -2.30. The molecule has 2 aliphatic rings. The molecule has 0 radical (unpaired) electrons. The summed E-state index contributed by atoms with van der Waals surface area (Å²) in [5.74, 6) is 2.08. The highest BCUT2D eigenvalue weighted by atomic mass is 16.5. The zero-order valence-electron chi connectivity index (χ0n) is 13.4. The van der Waals surface area contributed by atoms with Gasteiger partial charge in [-0.3, -0.25) is 0 Å². The molecule has 0 spiro atoms. The molecule has 1 aromatic carbocycles. The lowest BCUT2D eigenvalue weighted by atomic mass is 9.82. The molecule has 2 heteroatoms. The summed E-state index contributed by atoms with van der Waals surface area (Å²) in [5, 5.41) is 3.72. The Bertz CT molecular complexity index is 451. The van der Waals surface area contributed by atoms with E-state index < -0.39 is 0 Å². The molecule has 1 fully saturated rings. The lowest BCUT2D eigenvalue weighted by molar-refractivity contribution is 0.269. The van der Waals surface area contributed by atoms with Crippen molar-refractivity contribution in [2.45, 2.75) is 64.3 Å². The number of hydrogen-bond donors (Lipinski definition) is 1. The monoisotopic (exact) mass is 287 g/mol. The highest BCUT2D eigenvalue weighted by Crippen LogP contribution is 2.38. The molecule has 2 nitrogen and oxygen atoms in total. The first-order valence-electron chi connectivity index (χ1n) is 8.86. The van der Waals surface area contributed by atoms with Gasteiger partial charge in [-0.25, -0.2) is 0 Å². The van der Waals surface area contributed by atoms with Crippen molar-refractivity contribution in [3.8, 4) is 5.75 Å². The van der Waals surface area contributed by atoms with E-state index in [9.17, 15) is 0 Å². The Morgan fingerprint density at radius 3 is 2.86 bits per heavy atom. The molecule has 1 N–H and O–H groups in total. The number of para-hydroxylation sites is 1. The molecule has 0 saturated heterocycles. The summed E-state index contributed by atoms with van der Waals surface area (Å²) in [4.78, 5) is 0. The van der Waals surface area contributed by atoms with Crippen LogP contribution >= 0.6 is 0 Å². The van der Waals surface area contributed by atoms with E-state index in [-0.39, 0.29) is 0 Å². The number of hydrogen-bond acceptors (Lipinski definition) is 2. The Kier molecular flexibility index (Phi) is 5.18. The first-order valence-corrected chi connectivity index (χ1v) is 8.86. The average molecular weight is 287 g/mol. The van der Waals surface area contributed by atoms with Gasteiger partial charge in [-0.05, 0) is 37.3 Å². The van der Waals surface area contributed by atoms with Crippen LogP contribution in [0.25, 0.3) is 0 Å². The van der Waals surface area contributed by atoms with Gasteiger partial charge in [-0.1, -0.05) is 57.2 Å². The molecule has 0 aromatic heterocycles. The SMILES string of the molecule is CCNC(CC1CCCCC1)c1cccc2c1OCCC2. The van der Waals surface area contributed by atoms with Crippen LogP contribution in [-0.4, -0.2) is 13.2 Å². The molecule has 1 unspecified atom stereocenters. The van der Waals surface area contributed by atoms with Gasteiger partial charge in [0.05, 0.1) is 6.61 Å². The minimum atomic E-state index is 0.464. The first-order chi connectivity index (χ1) is 10.4. The third kappa shape index (κ3) is 3.60. The van der Waals surface area contributed by atoms with Gasteiger partial charge in [0, 0.05) is 11.6 Å². The third-order valence-electron chi connectivity index (χ3n) is 5.08. The molecule has 21 heavy (non-hydrogen) atoms. The predicted octanol–water partition coefficient (Wildman–Crippen LogP) is 4.63. The van der Waals surface area contributed by atoms with E-state index in [0.29, 0.717) is 6.04 Å². The molecule has 1 saturated carbocycles. The number of ether oxygens (including phenoxy) is 1. The molecule has 1 atom stereocenters. The van der Waals surface area contributed by atoms with Crippen molar-refractivity contribution in [2.24, 2.45) is 5.92 Å². The van der Waals surface area contributed by atoms with Crippen LogP contribution < -0.4 is 10.1 Å². The molecule has 1 aliphatic carbocycles. The Labute approximate surface area is 129 Å². The molecule has 3 rings (SSSR count). The molecular weight excluding hydrogens is 258 g/mol. The van der Waals surface area contributed by atoms with Crippen LogP contribution in [0.1, 0.15) is 69.0 Å². The van der Waals surface area contributed by atoms with Gasteiger partial charge in [0.2, 0.25) is 0 Å². The molecule has 0 amide bonds. The van der Waals surface area contributed by atoms with Crippen molar-refractivity contribution in [1.82, 2.24) is 5.32 Å². The van der Waals surface area contributed by atoms with E-state index in [1.807, 2.05) is 0 Å². The van der Waals surface area contributed by atoms with Gasteiger partial charge in [-0.2, -0.15) is 0 Å². The highest BCUT2D eigenvalue weighted by Gasteiger charge is 2.24. The summed E-state index contributed by atoms with van der Waals surface area (Å²) in [6.45, 7) is 4.12. The van der Waals surface area contributed by atoms with E-state index in [4.69, 9.17) is 4.74 Å². The van der Waals surface area contributed by atoms with Crippen LogP contribution in [0.2, 0.25) is 0 Å². The Hall–Kier alpha value is -1.02. The van der Waals surface area contributed by atoms with Crippen molar-refractivity contribution in [1.29, 1.82) is 0 Å². The number of nitrogens with one attached hydrogen (secondary N) is 1. The molecular formula is C19H29NO. The number of aryl methyl sites for hydroxylation is 1. The largest absolute Gasteiger partial charge is 0.493 e. The summed E-state index contributed by atoms with van der Waals surface area (Å²) in [5.41, 5.74) is 2.81. The van der Waals surface area contributed by atoms with Gasteiger partial charge >= 0.3 is 0 Å². The van der Waals surface area contributed by atoms with Gasteiger partial charge in [-0.15, -0.1) is 0 Å². The molecule has 1 aliphatic heterocycles. The Morgan fingerprint density at radius 1 is 1.19 bits per heavy atom. The fourth-order valence-corrected chi connectivity index (χ4v) is 4.01. The maximum atomic E-state index is 6.03. The first kappa shape index (κ1) is 14.9. The van der Waals surface area contributed by atoms with Crippen molar-refractivity contribution in [3.63, 3.8) is 0 Å². The van der Waals surface area contributed by atoms with E-state index in [1.54, 1.807) is 0 Å². The summed E-state index contributed by atoms with van der Waals surface area (Å²) in [7, 11) is 0. The van der Waals surface area contributed by atoms with Gasteiger partial charge in [0.1, 0.15) is 5.75 Å². The van der Waals surface area contributed by atoms with Crippen molar-refractivity contribution < 1.29 is 4.74 Å². The fourth-order valence-electron chi connectivity index (χ4n) is 4.01. The summed E-state index contributed by atoms with van der Waals surface area (Å²) in [6.07, 6.45) is 10.7. The van der Waals surface area contributed by atoms with Crippen molar-refractivity contribution in [3.05, 3.63) is 29.3 Å². The average Bonchev–Trinajstić information content (AvgIpc) is 2.55. The summed E-state index contributed by atoms with van der Waals surface area (Å²) in [6, 6.07) is 7.20. The Morgan fingerprint density at radius 2 is 2.05 bits per heavy atom. The number of rotatable bonds is 5. The second kappa shape index (κ2) is 7.31. The van der Waals surface area contributed by atoms with Crippen LogP contribution in [0.4, 0.5) is 0 Å². The van der Waals surface area contributed by atoms with E-state index in [0.717, 1.165) is 25.5 Å². The van der Waals surface area contributed by atoms with Gasteiger partial charge in [0.15, 0.2) is 0 Å². The third-order valence-corrected chi connectivity index (χ3v) is 5.08. The van der Waals surface area contributed by atoms with E-state index >= 15 is 0 Å². The number of fused-ring (bicyclic) bond motifs is 1. The highest BCUT2D eigenvalue weighted by molar-refractivity contribution is 5.44. The van der Waals surface area contributed by atoms with Gasteiger partial charge in [0.25, 0.3) is 0 Å². The topological polar surface area (TPSA) is 21.3 Å². The van der Waals surface area contributed by atoms with E-state index in [1.165, 1.54) is 61.8 Å². The van der Waals surface area contributed by atoms with Crippen LogP contribution in [-0.2, 0) is 6.42 Å². The quantitative estimate of drug-likeness (QED) is 0.852. The minimum absolute atomic E-state index is 0.464. The molecule has 116 valence electrons. The maximum absolute atomic E-state index is 6.03. The normalized spacial score (nSPS) is 20.6. The van der Waals surface area contributed by atoms with Crippen LogP contribution in [0.5, 0.6) is 5.75 Å². The van der Waals surface area contributed by atoms with Crippen LogP contribution in [0, 0.1) is 5.92 Å². The Balaban J connectivity index is 1.79. The van der Waals surface area contributed by atoms with Crippen LogP contribution in [0.15, 0.2) is 18.2 Å². The molecule has 1 heterocycles. The standard InChI is InChI=1S/C19H29NO/c1-2-20-18(14-15-8-4-3-5-9-15)17-12-6-10-16-11-7-13-21-19(16)17/h6,10,12,15,18,20H,2-5,7-9,11,13-14H2,1H3. The zero-order valence-corrected chi connectivity index (χ0v) is 13.4. The lowest BCUT2D eigenvalue weighted by Crippen LogP contribution is -2.26. The summed E-state index contributed by atoms with van der Waals surface area (Å²) >= 11 is 0. The van der Waals surface area contributed by atoms with E-state index in [2.05, 4.69) is 30.4 Å². The zero-order chi connectivity index (χ0) is 14.5. The second-order valence-corrected chi connectivity index (χ2v) is 6.64. The molecule has 1 aromatic rings. The van der Waals surface area contributed by atoms with Crippen molar-refractivity contribution >= 4 is 0 Å². The minimum Gasteiger partial charge on any atom is -0.493 e. The van der Waals surface area contributed by atoms with Crippen LogP contribution in [0.3, 0.4) is 0 Å². The fraction of sp³-hybridized carbons (Fsp3) is 0.684. The maximum Gasteiger partial charge on any atom is 0.127 e. The molecule has 0 bridgehead atoms. The van der Waals surface area contributed by atoms with Crippen molar-refractivity contribution in [2.75, 3.05) is 13.2 Å². The summed E-state index contributed by atoms with van der Waals surface area (Å²) < 4.78 is 6.03.